The van der Waals surface area contributed by atoms with E-state index in [1.807, 2.05) is 0 Å². The first-order valence-electron chi connectivity index (χ1n) is 7.11. The first-order valence-corrected chi connectivity index (χ1v) is 7.11. The molecular formula is C16H25NO. The second kappa shape index (κ2) is 6.35. The van der Waals surface area contributed by atoms with Gasteiger partial charge in [0.15, 0.2) is 0 Å². The van der Waals surface area contributed by atoms with E-state index in [1.165, 1.54) is 36.8 Å². The van der Waals surface area contributed by atoms with Crippen molar-refractivity contribution in [3.63, 3.8) is 0 Å². The predicted molar refractivity (Wildman–Crippen MR) is 75.5 cm³/mol. The lowest BCUT2D eigenvalue weighted by atomic mass is 9.88. The minimum atomic E-state index is 0.0557. The van der Waals surface area contributed by atoms with Gasteiger partial charge in [-0.3, -0.25) is 0 Å². The molecule has 3 atom stereocenters. The van der Waals surface area contributed by atoms with E-state index in [0.29, 0.717) is 12.6 Å². The van der Waals surface area contributed by atoms with E-state index < -0.39 is 0 Å². The van der Waals surface area contributed by atoms with Crippen LogP contribution < -0.4 is 5.73 Å². The van der Waals surface area contributed by atoms with E-state index in [0.717, 1.165) is 5.92 Å². The number of rotatable bonds is 4. The van der Waals surface area contributed by atoms with Crippen LogP contribution in [0.2, 0.25) is 0 Å². The third-order valence-corrected chi connectivity index (χ3v) is 3.87. The largest absolute Gasteiger partial charge is 0.369 e. The van der Waals surface area contributed by atoms with E-state index >= 15 is 0 Å². The third kappa shape index (κ3) is 3.56. The molecule has 0 aromatic heterocycles. The van der Waals surface area contributed by atoms with Crippen LogP contribution in [0.15, 0.2) is 24.3 Å². The summed E-state index contributed by atoms with van der Waals surface area (Å²) in [4.78, 5) is 0. The maximum absolute atomic E-state index is 6.23. The molecule has 100 valence electrons. The summed E-state index contributed by atoms with van der Waals surface area (Å²) < 4.78 is 6.23. The molecule has 1 aromatic carbocycles. The fourth-order valence-electron chi connectivity index (χ4n) is 2.87. The highest BCUT2D eigenvalue weighted by Gasteiger charge is 2.23. The Labute approximate surface area is 111 Å². The summed E-state index contributed by atoms with van der Waals surface area (Å²) >= 11 is 0. The first-order chi connectivity index (χ1) is 8.69. The zero-order chi connectivity index (χ0) is 13.0. The van der Waals surface area contributed by atoms with E-state index in [2.05, 4.69) is 38.1 Å². The van der Waals surface area contributed by atoms with Gasteiger partial charge in [-0.2, -0.15) is 0 Å². The van der Waals surface area contributed by atoms with Gasteiger partial charge >= 0.3 is 0 Å². The van der Waals surface area contributed by atoms with Gasteiger partial charge in [-0.1, -0.05) is 49.6 Å². The maximum Gasteiger partial charge on any atom is 0.0950 e. The molecule has 0 aliphatic heterocycles. The number of benzene rings is 1. The molecule has 1 aliphatic rings. The number of aryl methyl sites for hydroxylation is 1. The number of hydrogen-bond acceptors (Lipinski definition) is 2. The van der Waals surface area contributed by atoms with Crippen molar-refractivity contribution >= 4 is 0 Å². The van der Waals surface area contributed by atoms with Crippen molar-refractivity contribution in [3.8, 4) is 0 Å². The Kier molecular flexibility index (Phi) is 4.79. The molecule has 0 saturated heterocycles. The van der Waals surface area contributed by atoms with Gasteiger partial charge in [-0.15, -0.1) is 0 Å². The molecule has 0 bridgehead atoms. The molecule has 0 radical (unpaired) electrons. The lowest BCUT2D eigenvalue weighted by Crippen LogP contribution is -2.27. The highest BCUT2D eigenvalue weighted by molar-refractivity contribution is 5.24. The fraction of sp³-hybridized carbons (Fsp3) is 0.625. The Morgan fingerprint density at radius 1 is 1.39 bits per heavy atom. The molecule has 1 aliphatic carbocycles. The second-order valence-electron chi connectivity index (χ2n) is 5.67. The summed E-state index contributed by atoms with van der Waals surface area (Å²) in [7, 11) is 0. The smallest absolute Gasteiger partial charge is 0.0950 e. The van der Waals surface area contributed by atoms with Gasteiger partial charge < -0.3 is 10.5 Å². The van der Waals surface area contributed by atoms with Crippen LogP contribution in [0.25, 0.3) is 0 Å². The quantitative estimate of drug-likeness (QED) is 0.882. The zero-order valence-electron chi connectivity index (χ0n) is 11.6. The van der Waals surface area contributed by atoms with Crippen LogP contribution in [-0.2, 0) is 4.74 Å². The van der Waals surface area contributed by atoms with Gasteiger partial charge in [0, 0.05) is 6.54 Å². The van der Waals surface area contributed by atoms with Crippen LogP contribution in [-0.4, -0.2) is 12.6 Å². The molecule has 0 spiro atoms. The summed E-state index contributed by atoms with van der Waals surface area (Å²) in [5, 5.41) is 0. The minimum absolute atomic E-state index is 0.0557. The van der Waals surface area contributed by atoms with Gasteiger partial charge in [0.1, 0.15) is 0 Å². The van der Waals surface area contributed by atoms with Crippen molar-refractivity contribution in [2.24, 2.45) is 11.7 Å². The minimum Gasteiger partial charge on any atom is -0.369 e. The summed E-state index contributed by atoms with van der Waals surface area (Å²) in [6.45, 7) is 4.99. The predicted octanol–water partition coefficient (Wildman–Crippen LogP) is 3.59. The van der Waals surface area contributed by atoms with E-state index in [-0.39, 0.29) is 6.10 Å². The highest BCUT2D eigenvalue weighted by Crippen LogP contribution is 2.29. The van der Waals surface area contributed by atoms with Gasteiger partial charge in [-0.05, 0) is 31.2 Å². The molecule has 2 nitrogen and oxygen atoms in total. The van der Waals surface area contributed by atoms with Crippen LogP contribution >= 0.6 is 0 Å². The molecule has 0 amide bonds. The van der Waals surface area contributed by atoms with Crippen molar-refractivity contribution in [1.82, 2.24) is 0 Å². The molecular weight excluding hydrogens is 222 g/mol. The molecule has 2 heteroatoms. The Morgan fingerprint density at radius 3 is 2.89 bits per heavy atom. The monoisotopic (exact) mass is 247 g/mol. The molecule has 3 unspecified atom stereocenters. The summed E-state index contributed by atoms with van der Waals surface area (Å²) in [6.07, 6.45) is 5.45. The van der Waals surface area contributed by atoms with Gasteiger partial charge in [-0.25, -0.2) is 0 Å². The van der Waals surface area contributed by atoms with Crippen LogP contribution in [0.4, 0.5) is 0 Å². The van der Waals surface area contributed by atoms with Crippen molar-refractivity contribution in [2.75, 3.05) is 6.54 Å². The molecule has 2 N–H and O–H groups in total. The molecule has 2 rings (SSSR count). The lowest BCUT2D eigenvalue weighted by Gasteiger charge is -2.30. The normalized spacial score (nSPS) is 25.9. The molecule has 1 aromatic rings. The average molecular weight is 247 g/mol. The summed E-state index contributed by atoms with van der Waals surface area (Å²) in [5.74, 6) is 0.791. The number of hydrogen-bond donors (Lipinski definition) is 1. The molecule has 1 saturated carbocycles. The standard InChI is InChI=1S/C16H25NO/c1-12-5-3-7-14(9-12)16(11-17)18-15-8-4-6-13(2)10-15/h3,5,7,9,13,15-16H,4,6,8,10-11,17H2,1-2H3. The van der Waals surface area contributed by atoms with Crippen molar-refractivity contribution in [2.45, 2.75) is 51.7 Å². The maximum atomic E-state index is 6.23. The van der Waals surface area contributed by atoms with Crippen molar-refractivity contribution < 1.29 is 4.74 Å². The average Bonchev–Trinajstić information content (AvgIpc) is 2.36. The van der Waals surface area contributed by atoms with E-state index in [4.69, 9.17) is 10.5 Å². The van der Waals surface area contributed by atoms with Crippen molar-refractivity contribution in [1.29, 1.82) is 0 Å². The Bertz CT molecular complexity index is 377. The lowest BCUT2D eigenvalue weighted by molar-refractivity contribution is -0.0361. The number of ether oxygens (including phenoxy) is 1. The van der Waals surface area contributed by atoms with Gasteiger partial charge in [0.05, 0.1) is 12.2 Å². The van der Waals surface area contributed by atoms with Crippen LogP contribution in [0.1, 0.15) is 49.8 Å². The van der Waals surface area contributed by atoms with Gasteiger partial charge in [0.25, 0.3) is 0 Å². The van der Waals surface area contributed by atoms with Gasteiger partial charge in [0.2, 0.25) is 0 Å². The highest BCUT2D eigenvalue weighted by atomic mass is 16.5. The first kappa shape index (κ1) is 13.6. The number of nitrogens with two attached hydrogens (primary N) is 1. The van der Waals surface area contributed by atoms with E-state index in [9.17, 15) is 0 Å². The molecule has 1 fully saturated rings. The Morgan fingerprint density at radius 2 is 2.22 bits per heavy atom. The fourth-order valence-corrected chi connectivity index (χ4v) is 2.87. The summed E-state index contributed by atoms with van der Waals surface area (Å²) in [6, 6.07) is 8.50. The molecule has 0 heterocycles. The van der Waals surface area contributed by atoms with Crippen LogP contribution in [0.3, 0.4) is 0 Å². The second-order valence-corrected chi connectivity index (χ2v) is 5.67. The van der Waals surface area contributed by atoms with Crippen molar-refractivity contribution in [3.05, 3.63) is 35.4 Å². The van der Waals surface area contributed by atoms with E-state index in [1.54, 1.807) is 0 Å². The zero-order valence-corrected chi connectivity index (χ0v) is 11.6. The third-order valence-electron chi connectivity index (χ3n) is 3.87. The summed E-state index contributed by atoms with van der Waals surface area (Å²) in [5.41, 5.74) is 8.37. The Balaban J connectivity index is 2.00. The van der Waals surface area contributed by atoms with Crippen LogP contribution in [0.5, 0.6) is 0 Å². The topological polar surface area (TPSA) is 35.2 Å². The Hall–Kier alpha value is -0.860. The molecule has 18 heavy (non-hydrogen) atoms. The SMILES string of the molecule is Cc1cccc(C(CN)OC2CCCC(C)C2)c1. The van der Waals surface area contributed by atoms with Crippen LogP contribution in [0, 0.1) is 12.8 Å².